The maximum Gasteiger partial charge on any atom is 0.189 e. The Morgan fingerprint density at radius 2 is 2.06 bits per heavy atom. The number of hydrogen-bond acceptors (Lipinski definition) is 9. The topological polar surface area (TPSA) is 104 Å². The van der Waals surface area contributed by atoms with Crippen molar-refractivity contribution in [3.63, 3.8) is 0 Å². The summed E-state index contributed by atoms with van der Waals surface area (Å²) in [4.78, 5) is 20.2. The van der Waals surface area contributed by atoms with Crippen LogP contribution in [-0.4, -0.2) is 26.5 Å². The van der Waals surface area contributed by atoms with Gasteiger partial charge in [0.25, 0.3) is 0 Å². The second-order valence-corrected chi connectivity index (χ2v) is 7.99. The molecule has 4 heterocycles. The van der Waals surface area contributed by atoms with E-state index >= 15 is 0 Å². The first-order chi connectivity index (χ1) is 15.2. The van der Waals surface area contributed by atoms with Crippen LogP contribution in [0.2, 0.25) is 0 Å². The number of anilines is 3. The van der Waals surface area contributed by atoms with Crippen molar-refractivity contribution in [2.24, 2.45) is 0 Å². The summed E-state index contributed by atoms with van der Waals surface area (Å²) in [6.07, 6.45) is 8.04. The predicted molar refractivity (Wildman–Crippen MR) is 113 cm³/mol. The molecule has 0 radical (unpaired) electrons. The Hall–Kier alpha value is -3.84. The molecule has 0 aliphatic carbocycles. The Morgan fingerprint density at radius 1 is 1.19 bits per heavy atom. The fourth-order valence-corrected chi connectivity index (χ4v) is 4.29. The van der Waals surface area contributed by atoms with E-state index in [0.717, 1.165) is 24.9 Å². The molecular weight excluding hydrogens is 417 g/mol. The van der Waals surface area contributed by atoms with Crippen LogP contribution < -0.4 is 10.2 Å². The molecule has 0 saturated carbocycles. The van der Waals surface area contributed by atoms with Crippen molar-refractivity contribution in [2.45, 2.75) is 18.9 Å². The number of nitriles is 1. The van der Waals surface area contributed by atoms with Gasteiger partial charge in [-0.3, -0.25) is 0 Å². The maximum atomic E-state index is 13.4. The summed E-state index contributed by atoms with van der Waals surface area (Å²) in [5, 5.41) is 12.8. The van der Waals surface area contributed by atoms with Gasteiger partial charge in [-0.2, -0.15) is 5.26 Å². The Kier molecular flexibility index (Phi) is 5.01. The lowest BCUT2D eigenvalue weighted by Gasteiger charge is -2.26. The molecule has 154 valence electrons. The number of halogens is 1. The van der Waals surface area contributed by atoms with Gasteiger partial charge in [-0.05, 0) is 30.5 Å². The van der Waals surface area contributed by atoms with E-state index in [0.29, 0.717) is 33.1 Å². The molecule has 31 heavy (non-hydrogen) atoms. The van der Waals surface area contributed by atoms with E-state index in [9.17, 15) is 4.39 Å². The zero-order valence-electron chi connectivity index (χ0n) is 16.2. The number of thiazole rings is 1. The monoisotopic (exact) mass is 433 g/mol. The minimum absolute atomic E-state index is 0.0870. The molecule has 5 rings (SSSR count). The van der Waals surface area contributed by atoms with E-state index in [2.05, 4.69) is 31.2 Å². The first-order valence-electron chi connectivity index (χ1n) is 9.62. The summed E-state index contributed by atoms with van der Waals surface area (Å²) in [7, 11) is 0. The highest BCUT2D eigenvalue weighted by atomic mass is 32.1. The van der Waals surface area contributed by atoms with Gasteiger partial charge in [-0.15, -0.1) is 0 Å². The SMILES string of the molecule is N#Cc1cnc(Nc2nc(N3CCCC3c3ccc(F)cc3)cnc2-c2cnco2)s1. The Bertz CT molecular complexity index is 1230. The van der Waals surface area contributed by atoms with Crippen molar-refractivity contribution < 1.29 is 8.81 Å². The Balaban J connectivity index is 1.52. The van der Waals surface area contributed by atoms with E-state index in [1.54, 1.807) is 12.4 Å². The van der Waals surface area contributed by atoms with Gasteiger partial charge >= 0.3 is 0 Å². The molecule has 1 aliphatic heterocycles. The fraction of sp³-hybridized carbons (Fsp3) is 0.190. The highest BCUT2D eigenvalue weighted by Crippen LogP contribution is 2.37. The zero-order valence-corrected chi connectivity index (χ0v) is 17.0. The number of benzene rings is 1. The van der Waals surface area contributed by atoms with Gasteiger partial charge < -0.3 is 14.6 Å². The van der Waals surface area contributed by atoms with Gasteiger partial charge in [-0.25, -0.2) is 24.3 Å². The lowest BCUT2D eigenvalue weighted by atomic mass is 10.0. The number of rotatable bonds is 5. The summed E-state index contributed by atoms with van der Waals surface area (Å²) in [5.41, 5.74) is 1.53. The molecule has 1 aromatic carbocycles. The average molecular weight is 433 g/mol. The van der Waals surface area contributed by atoms with Crippen LogP contribution in [0.4, 0.5) is 21.2 Å². The van der Waals surface area contributed by atoms with Crippen LogP contribution >= 0.6 is 11.3 Å². The largest absolute Gasteiger partial charge is 0.442 e. The fourth-order valence-electron chi connectivity index (χ4n) is 3.68. The van der Waals surface area contributed by atoms with E-state index < -0.39 is 0 Å². The molecule has 10 heteroatoms. The third-order valence-corrected chi connectivity index (χ3v) is 5.89. The highest BCUT2D eigenvalue weighted by molar-refractivity contribution is 7.16. The molecule has 1 aliphatic rings. The quantitative estimate of drug-likeness (QED) is 0.484. The minimum Gasteiger partial charge on any atom is -0.442 e. The predicted octanol–water partition coefficient (Wildman–Crippen LogP) is 4.68. The molecule has 1 fully saturated rings. The molecule has 1 atom stereocenters. The minimum atomic E-state index is -0.254. The molecule has 0 amide bonds. The molecule has 4 aromatic rings. The van der Waals surface area contributed by atoms with Gasteiger partial charge in [0, 0.05) is 6.54 Å². The van der Waals surface area contributed by atoms with Crippen molar-refractivity contribution in [3.05, 3.63) is 65.5 Å². The van der Waals surface area contributed by atoms with Crippen LogP contribution in [0.25, 0.3) is 11.5 Å². The van der Waals surface area contributed by atoms with E-state index in [1.807, 2.05) is 12.1 Å². The van der Waals surface area contributed by atoms with Crippen molar-refractivity contribution in [2.75, 3.05) is 16.8 Å². The lowest BCUT2D eigenvalue weighted by molar-refractivity contribution is 0.569. The summed E-state index contributed by atoms with van der Waals surface area (Å²) >= 11 is 1.22. The highest BCUT2D eigenvalue weighted by Gasteiger charge is 2.28. The number of hydrogen-bond donors (Lipinski definition) is 1. The number of oxazole rings is 1. The molecule has 8 nitrogen and oxygen atoms in total. The van der Waals surface area contributed by atoms with Gasteiger partial charge in [0.15, 0.2) is 28.8 Å². The van der Waals surface area contributed by atoms with Crippen molar-refractivity contribution in [1.29, 1.82) is 5.26 Å². The van der Waals surface area contributed by atoms with Gasteiger partial charge in [0.2, 0.25) is 0 Å². The smallest absolute Gasteiger partial charge is 0.189 e. The van der Waals surface area contributed by atoms with Gasteiger partial charge in [-0.1, -0.05) is 23.5 Å². The average Bonchev–Trinajstić information content (AvgIpc) is 3.56. The zero-order chi connectivity index (χ0) is 21.2. The van der Waals surface area contributed by atoms with Gasteiger partial charge in [0.1, 0.15) is 22.6 Å². The number of aromatic nitrogens is 4. The molecular formula is C21H16FN7OS. The molecule has 1 saturated heterocycles. The van der Waals surface area contributed by atoms with Crippen LogP contribution in [0, 0.1) is 17.1 Å². The Morgan fingerprint density at radius 3 is 2.81 bits per heavy atom. The second-order valence-electron chi connectivity index (χ2n) is 6.96. The Labute approximate surface area is 181 Å². The molecule has 1 N–H and O–H groups in total. The van der Waals surface area contributed by atoms with Crippen LogP contribution in [0.15, 0.2) is 53.7 Å². The maximum absolute atomic E-state index is 13.4. The molecule has 0 spiro atoms. The van der Waals surface area contributed by atoms with E-state index in [1.165, 1.54) is 36.1 Å². The number of nitrogens with one attached hydrogen (secondary N) is 1. The third kappa shape index (κ3) is 3.83. The normalized spacial score (nSPS) is 15.7. The van der Waals surface area contributed by atoms with Crippen LogP contribution in [0.3, 0.4) is 0 Å². The lowest BCUT2D eigenvalue weighted by Crippen LogP contribution is -2.24. The molecule has 1 unspecified atom stereocenters. The van der Waals surface area contributed by atoms with Gasteiger partial charge in [0.05, 0.1) is 24.6 Å². The summed E-state index contributed by atoms with van der Waals surface area (Å²) in [5.74, 6) is 1.36. The van der Waals surface area contributed by atoms with Crippen LogP contribution in [-0.2, 0) is 0 Å². The van der Waals surface area contributed by atoms with Crippen molar-refractivity contribution in [1.82, 2.24) is 19.9 Å². The standard InChI is InChI=1S/C21H16FN7OS/c22-14-5-3-13(4-6-14)16-2-1-7-29(16)18-11-25-19(17-10-24-12-30-17)20(27-18)28-21-26-9-15(8-23)31-21/h3-6,9-12,16H,1-2,7H2,(H,26,27,28). The molecule has 0 bridgehead atoms. The van der Waals surface area contributed by atoms with E-state index in [-0.39, 0.29) is 11.9 Å². The summed E-state index contributed by atoms with van der Waals surface area (Å²) in [6.45, 7) is 0.813. The first kappa shape index (κ1) is 19.1. The number of nitrogens with zero attached hydrogens (tertiary/aromatic N) is 6. The third-order valence-electron chi connectivity index (χ3n) is 5.07. The van der Waals surface area contributed by atoms with Crippen LogP contribution in [0.5, 0.6) is 0 Å². The summed E-state index contributed by atoms with van der Waals surface area (Å²) in [6, 6.07) is 8.75. The summed E-state index contributed by atoms with van der Waals surface area (Å²) < 4.78 is 18.8. The molecule has 3 aromatic heterocycles. The van der Waals surface area contributed by atoms with Crippen molar-refractivity contribution in [3.8, 4) is 17.5 Å². The van der Waals surface area contributed by atoms with Crippen molar-refractivity contribution >= 4 is 28.1 Å². The first-order valence-corrected chi connectivity index (χ1v) is 10.4. The second kappa shape index (κ2) is 8.12. The van der Waals surface area contributed by atoms with Crippen LogP contribution in [0.1, 0.15) is 29.3 Å². The van der Waals surface area contributed by atoms with E-state index in [4.69, 9.17) is 14.7 Å².